The summed E-state index contributed by atoms with van der Waals surface area (Å²) in [5.41, 5.74) is 1.45. The van der Waals surface area contributed by atoms with Crippen molar-refractivity contribution >= 4 is 18.4 Å². The highest BCUT2D eigenvalue weighted by Crippen LogP contribution is 2.42. The highest BCUT2D eigenvalue weighted by Gasteiger charge is 2.48. The lowest BCUT2D eigenvalue weighted by Gasteiger charge is -2.45. The zero-order valence-electron chi connectivity index (χ0n) is 16.6. The van der Waals surface area contributed by atoms with Crippen LogP contribution in [0.4, 0.5) is 0 Å². The number of hydrogen-bond acceptors (Lipinski definition) is 1. The van der Waals surface area contributed by atoms with E-state index in [4.69, 9.17) is 0 Å². The van der Waals surface area contributed by atoms with Crippen molar-refractivity contribution in [3.8, 4) is 0 Å². The SMILES string of the molecule is C[C@@H]1CC=C(C[Si](c2ccccc2)(c2ccccc2)C(C)(C)C)C[C@@H]1O. The molecule has 0 spiro atoms. The van der Waals surface area contributed by atoms with Gasteiger partial charge in [0.25, 0.3) is 0 Å². The highest BCUT2D eigenvalue weighted by atomic mass is 28.3. The van der Waals surface area contributed by atoms with Crippen LogP contribution in [-0.4, -0.2) is 19.3 Å². The quantitative estimate of drug-likeness (QED) is 0.612. The Kier molecular flexibility index (Phi) is 5.54. The second-order valence-corrected chi connectivity index (χ2v) is 13.7. The summed E-state index contributed by atoms with van der Waals surface area (Å²) in [4.78, 5) is 0. The maximum absolute atomic E-state index is 10.5. The Morgan fingerprint density at radius 3 is 1.85 bits per heavy atom. The van der Waals surface area contributed by atoms with Crippen LogP contribution in [0.1, 0.15) is 40.5 Å². The van der Waals surface area contributed by atoms with Gasteiger partial charge in [0.1, 0.15) is 8.07 Å². The molecule has 1 N–H and O–H groups in total. The van der Waals surface area contributed by atoms with Crippen LogP contribution >= 0.6 is 0 Å². The van der Waals surface area contributed by atoms with Gasteiger partial charge >= 0.3 is 0 Å². The Hall–Kier alpha value is -1.64. The Labute approximate surface area is 159 Å². The smallest absolute Gasteiger partial charge is 0.127 e. The van der Waals surface area contributed by atoms with Gasteiger partial charge in [-0.25, -0.2) is 0 Å². The fraction of sp³-hybridized carbons (Fsp3) is 0.417. The normalized spacial score (nSPS) is 21.3. The van der Waals surface area contributed by atoms with Crippen molar-refractivity contribution in [1.29, 1.82) is 0 Å². The molecule has 0 saturated carbocycles. The van der Waals surface area contributed by atoms with Crippen molar-refractivity contribution in [3.63, 3.8) is 0 Å². The van der Waals surface area contributed by atoms with Crippen molar-refractivity contribution in [3.05, 3.63) is 72.3 Å². The van der Waals surface area contributed by atoms with Crippen molar-refractivity contribution in [2.24, 2.45) is 5.92 Å². The molecular weight excluding hydrogens is 332 g/mol. The minimum absolute atomic E-state index is 0.171. The molecule has 1 aliphatic carbocycles. The minimum Gasteiger partial charge on any atom is -0.393 e. The van der Waals surface area contributed by atoms with E-state index < -0.39 is 8.07 Å². The fourth-order valence-electron chi connectivity index (χ4n) is 4.50. The maximum Gasteiger partial charge on any atom is 0.127 e. The summed E-state index contributed by atoms with van der Waals surface area (Å²) in [6, 6.07) is 23.3. The summed E-state index contributed by atoms with van der Waals surface area (Å²) in [6.45, 7) is 9.37. The van der Waals surface area contributed by atoms with Crippen molar-refractivity contribution in [2.45, 2.75) is 57.7 Å². The molecule has 0 fully saturated rings. The third kappa shape index (κ3) is 3.58. The van der Waals surface area contributed by atoms with Gasteiger partial charge in [-0.3, -0.25) is 0 Å². The first kappa shape index (κ1) is 19.1. The third-order valence-corrected chi connectivity index (χ3v) is 12.4. The van der Waals surface area contributed by atoms with Gasteiger partial charge in [-0.05, 0) is 29.8 Å². The Morgan fingerprint density at radius 1 is 0.923 bits per heavy atom. The average Bonchev–Trinajstić information content (AvgIpc) is 2.63. The molecule has 2 aromatic rings. The molecule has 2 aromatic carbocycles. The molecule has 138 valence electrons. The molecule has 2 heteroatoms. The molecule has 0 bridgehead atoms. The van der Waals surface area contributed by atoms with Gasteiger partial charge in [0.2, 0.25) is 0 Å². The van der Waals surface area contributed by atoms with Crippen molar-refractivity contribution in [2.75, 3.05) is 0 Å². The molecule has 0 amide bonds. The maximum atomic E-state index is 10.5. The second kappa shape index (κ2) is 7.54. The summed E-state index contributed by atoms with van der Waals surface area (Å²) >= 11 is 0. The predicted molar refractivity (Wildman–Crippen MR) is 115 cm³/mol. The molecule has 26 heavy (non-hydrogen) atoms. The lowest BCUT2D eigenvalue weighted by molar-refractivity contribution is 0.112. The lowest BCUT2D eigenvalue weighted by atomic mass is 9.89. The molecule has 0 unspecified atom stereocenters. The number of aliphatic hydroxyl groups excluding tert-OH is 1. The van der Waals surface area contributed by atoms with Crippen LogP contribution in [-0.2, 0) is 0 Å². The zero-order chi connectivity index (χ0) is 18.8. The standard InChI is InChI=1S/C24H32OSi/c1-19-15-16-20(17-23(19)25)18-26(24(2,3)4,21-11-7-5-8-12-21)22-13-9-6-10-14-22/h5-14,16,19,23,25H,15,17-18H2,1-4H3/t19-,23+/m1/s1. The molecular formula is C24H32OSi. The molecule has 0 radical (unpaired) electrons. The zero-order valence-corrected chi connectivity index (χ0v) is 17.6. The van der Waals surface area contributed by atoms with Crippen LogP contribution in [0.25, 0.3) is 0 Å². The summed E-state index contributed by atoms with van der Waals surface area (Å²) in [7, 11) is -2.07. The van der Waals surface area contributed by atoms with Crippen molar-refractivity contribution < 1.29 is 5.11 Å². The number of rotatable bonds is 4. The summed E-state index contributed by atoms with van der Waals surface area (Å²) in [5.74, 6) is 0.373. The number of aliphatic hydroxyl groups is 1. The van der Waals surface area contributed by atoms with Gasteiger partial charge in [-0.1, -0.05) is 110 Å². The van der Waals surface area contributed by atoms with Gasteiger partial charge < -0.3 is 5.11 Å². The van der Waals surface area contributed by atoms with E-state index >= 15 is 0 Å². The van der Waals surface area contributed by atoms with E-state index in [-0.39, 0.29) is 11.1 Å². The van der Waals surface area contributed by atoms with E-state index in [1.54, 1.807) is 0 Å². The summed E-state index contributed by atoms with van der Waals surface area (Å²) in [5, 5.41) is 13.6. The van der Waals surface area contributed by atoms with E-state index in [0.29, 0.717) is 5.92 Å². The largest absolute Gasteiger partial charge is 0.393 e. The van der Waals surface area contributed by atoms with Crippen LogP contribution in [0, 0.1) is 5.92 Å². The first-order chi connectivity index (χ1) is 12.3. The molecule has 3 rings (SSSR count). The number of benzene rings is 2. The first-order valence-electron chi connectivity index (χ1n) is 9.81. The van der Waals surface area contributed by atoms with Gasteiger partial charge in [-0.2, -0.15) is 0 Å². The van der Waals surface area contributed by atoms with E-state index in [9.17, 15) is 5.11 Å². The van der Waals surface area contributed by atoms with Gasteiger partial charge in [0, 0.05) is 0 Å². The van der Waals surface area contributed by atoms with E-state index in [1.165, 1.54) is 15.9 Å². The first-order valence-corrected chi connectivity index (χ1v) is 12.0. The van der Waals surface area contributed by atoms with E-state index in [0.717, 1.165) is 18.9 Å². The molecule has 0 saturated heterocycles. The van der Waals surface area contributed by atoms with Crippen LogP contribution in [0.15, 0.2) is 72.3 Å². The molecule has 2 atom stereocenters. The van der Waals surface area contributed by atoms with Crippen LogP contribution in [0.2, 0.25) is 11.1 Å². The Balaban J connectivity index is 2.15. The topological polar surface area (TPSA) is 20.2 Å². The molecule has 0 aromatic heterocycles. The molecule has 0 heterocycles. The van der Waals surface area contributed by atoms with Gasteiger partial charge in [0.15, 0.2) is 0 Å². The summed E-state index contributed by atoms with van der Waals surface area (Å²) < 4.78 is 0. The molecule has 1 aliphatic rings. The van der Waals surface area contributed by atoms with Crippen LogP contribution < -0.4 is 10.4 Å². The number of hydrogen-bond donors (Lipinski definition) is 1. The molecule has 1 nitrogen and oxygen atoms in total. The van der Waals surface area contributed by atoms with E-state index in [1.807, 2.05) is 0 Å². The van der Waals surface area contributed by atoms with Gasteiger partial charge in [0.05, 0.1) is 6.10 Å². The number of allylic oxidation sites excluding steroid dienone is 1. The van der Waals surface area contributed by atoms with Crippen LogP contribution in [0.3, 0.4) is 0 Å². The minimum atomic E-state index is -2.07. The van der Waals surface area contributed by atoms with E-state index in [2.05, 4.69) is 94.4 Å². The molecule has 0 aliphatic heterocycles. The highest BCUT2D eigenvalue weighted by molar-refractivity contribution is 7.04. The lowest BCUT2D eigenvalue weighted by Crippen LogP contribution is -2.64. The fourth-order valence-corrected chi connectivity index (χ4v) is 9.99. The second-order valence-electron chi connectivity index (χ2n) is 8.91. The van der Waals surface area contributed by atoms with Crippen LogP contribution in [0.5, 0.6) is 0 Å². The average molecular weight is 365 g/mol. The predicted octanol–water partition coefficient (Wildman–Crippen LogP) is 4.77. The third-order valence-electron chi connectivity index (χ3n) is 6.21. The van der Waals surface area contributed by atoms with Crippen molar-refractivity contribution in [1.82, 2.24) is 0 Å². The Morgan fingerprint density at radius 2 is 1.42 bits per heavy atom. The Bertz CT molecular complexity index is 703. The van der Waals surface area contributed by atoms with Gasteiger partial charge in [-0.15, -0.1) is 0 Å². The summed E-state index contributed by atoms with van der Waals surface area (Å²) in [6.07, 6.45) is 4.03. The monoisotopic (exact) mass is 364 g/mol.